The van der Waals surface area contributed by atoms with Crippen molar-refractivity contribution in [3.63, 3.8) is 0 Å². The van der Waals surface area contributed by atoms with E-state index in [-0.39, 0.29) is 35.9 Å². The third-order valence-corrected chi connectivity index (χ3v) is 6.65. The zero-order valence-corrected chi connectivity index (χ0v) is 19.6. The summed E-state index contributed by atoms with van der Waals surface area (Å²) in [7, 11) is 5.56. The number of Topliss-reactive ketones (excluding diaryl/α,β-unsaturated/α-hetero) is 1. The predicted molar refractivity (Wildman–Crippen MR) is 116 cm³/mol. The van der Waals surface area contributed by atoms with Crippen molar-refractivity contribution in [3.05, 3.63) is 0 Å². The highest BCUT2D eigenvalue weighted by atomic mass is 16.3. The average molecular weight is 425 g/mol. The minimum atomic E-state index is -1.02. The second kappa shape index (κ2) is 10.2. The number of hydrogen-bond acceptors (Lipinski definition) is 6. The van der Waals surface area contributed by atoms with Gasteiger partial charge in [0.15, 0.2) is 5.78 Å². The standard InChI is InChI=1S/C22H40N4O4/c1-13(2)19(15(4)27)23-22(30)20(24(5)6)21(29)14(3)8-18(28)26-11-16-9-25(7)10-17(16)12-26/h13-14,16-17,19-21,29H,8-12H2,1-7H3,(H,23,30)/t14-,16?,17?,19-,20-,21-/m1/s1. The molecule has 0 saturated carbocycles. The summed E-state index contributed by atoms with van der Waals surface area (Å²) in [6.07, 6.45) is -0.814. The van der Waals surface area contributed by atoms with Gasteiger partial charge in [-0.05, 0) is 51.7 Å². The molecule has 2 aliphatic heterocycles. The molecule has 30 heavy (non-hydrogen) atoms. The Morgan fingerprint density at radius 3 is 2.03 bits per heavy atom. The molecule has 2 aliphatic rings. The molecule has 0 aromatic heterocycles. The van der Waals surface area contributed by atoms with Gasteiger partial charge in [0.05, 0.1) is 12.1 Å². The number of rotatable bonds is 9. The molecular weight excluding hydrogens is 384 g/mol. The number of carbonyl (C=O) groups excluding carboxylic acids is 3. The van der Waals surface area contributed by atoms with Crippen LogP contribution in [0, 0.1) is 23.7 Å². The number of aliphatic hydroxyl groups is 1. The Labute approximate surface area is 180 Å². The van der Waals surface area contributed by atoms with Crippen molar-refractivity contribution in [1.29, 1.82) is 0 Å². The fourth-order valence-electron chi connectivity index (χ4n) is 4.94. The molecule has 2 amide bonds. The van der Waals surface area contributed by atoms with Gasteiger partial charge < -0.3 is 20.2 Å². The Morgan fingerprint density at radius 1 is 1.07 bits per heavy atom. The van der Waals surface area contributed by atoms with E-state index in [1.165, 1.54) is 6.92 Å². The monoisotopic (exact) mass is 424 g/mol. The normalized spacial score (nSPS) is 25.9. The third-order valence-electron chi connectivity index (χ3n) is 6.65. The first-order chi connectivity index (χ1) is 13.9. The van der Waals surface area contributed by atoms with Crippen LogP contribution in [0.2, 0.25) is 0 Å². The summed E-state index contributed by atoms with van der Waals surface area (Å²) in [4.78, 5) is 43.5. The molecule has 8 nitrogen and oxygen atoms in total. The van der Waals surface area contributed by atoms with Crippen LogP contribution in [0.5, 0.6) is 0 Å². The highest BCUT2D eigenvalue weighted by Crippen LogP contribution is 2.31. The van der Waals surface area contributed by atoms with Crippen molar-refractivity contribution >= 4 is 17.6 Å². The van der Waals surface area contributed by atoms with E-state index in [1.807, 2.05) is 25.7 Å². The number of nitrogens with one attached hydrogen (secondary N) is 1. The second-order valence-corrected chi connectivity index (χ2v) is 9.96. The topological polar surface area (TPSA) is 93.2 Å². The molecule has 0 aliphatic carbocycles. The first-order valence-corrected chi connectivity index (χ1v) is 11.0. The third kappa shape index (κ3) is 5.80. The number of nitrogens with zero attached hydrogens (tertiary/aromatic N) is 3. The minimum absolute atomic E-state index is 0.0420. The Hall–Kier alpha value is -1.51. The summed E-state index contributed by atoms with van der Waals surface area (Å²) in [6.45, 7) is 10.6. The van der Waals surface area contributed by atoms with Crippen molar-refractivity contribution in [2.75, 3.05) is 47.3 Å². The molecule has 2 fully saturated rings. The molecule has 8 heteroatoms. The second-order valence-electron chi connectivity index (χ2n) is 9.96. The molecule has 0 radical (unpaired) electrons. The molecule has 0 aromatic carbocycles. The first kappa shape index (κ1) is 24.8. The Kier molecular flexibility index (Phi) is 8.42. The Morgan fingerprint density at radius 2 is 1.60 bits per heavy atom. The van der Waals surface area contributed by atoms with E-state index in [0.29, 0.717) is 11.8 Å². The van der Waals surface area contributed by atoms with Gasteiger partial charge in [0, 0.05) is 32.6 Å². The van der Waals surface area contributed by atoms with Crippen LogP contribution in [-0.4, -0.2) is 103 Å². The van der Waals surface area contributed by atoms with Crippen molar-refractivity contribution < 1.29 is 19.5 Å². The summed E-state index contributed by atoms with van der Waals surface area (Å²) in [5.74, 6) is 0.198. The number of fused-ring (bicyclic) bond motifs is 1. The number of amides is 2. The zero-order chi connectivity index (χ0) is 22.7. The van der Waals surface area contributed by atoms with E-state index in [2.05, 4.69) is 17.3 Å². The number of likely N-dealkylation sites (tertiary alicyclic amines) is 2. The molecule has 6 atom stereocenters. The number of carbonyl (C=O) groups is 3. The Bertz CT molecular complexity index is 625. The van der Waals surface area contributed by atoms with Gasteiger partial charge in [0.2, 0.25) is 11.8 Å². The first-order valence-electron chi connectivity index (χ1n) is 11.0. The maximum Gasteiger partial charge on any atom is 0.240 e. The molecule has 2 N–H and O–H groups in total. The summed E-state index contributed by atoms with van der Waals surface area (Å²) >= 11 is 0. The summed E-state index contributed by atoms with van der Waals surface area (Å²) in [6, 6.07) is -1.42. The quantitative estimate of drug-likeness (QED) is 0.544. The number of likely N-dealkylation sites (N-methyl/N-ethyl adjacent to an activating group) is 1. The van der Waals surface area contributed by atoms with Crippen molar-refractivity contribution in [2.24, 2.45) is 23.7 Å². The molecule has 2 rings (SSSR count). The lowest BCUT2D eigenvalue weighted by atomic mass is 9.92. The van der Waals surface area contributed by atoms with Crippen LogP contribution in [0.4, 0.5) is 0 Å². The zero-order valence-electron chi connectivity index (χ0n) is 19.6. The number of aliphatic hydroxyl groups excluding tert-OH is 1. The predicted octanol–water partition coefficient (Wildman–Crippen LogP) is 0.0535. The molecule has 0 spiro atoms. The van der Waals surface area contributed by atoms with Crippen LogP contribution < -0.4 is 5.32 Å². The number of hydrogen-bond donors (Lipinski definition) is 2. The van der Waals surface area contributed by atoms with E-state index < -0.39 is 18.2 Å². The van der Waals surface area contributed by atoms with Crippen molar-refractivity contribution in [1.82, 2.24) is 20.0 Å². The van der Waals surface area contributed by atoms with Crippen LogP contribution in [0.15, 0.2) is 0 Å². The molecule has 2 unspecified atom stereocenters. The van der Waals surface area contributed by atoms with E-state index >= 15 is 0 Å². The molecular formula is C22H40N4O4. The maximum absolute atomic E-state index is 12.9. The molecule has 0 bridgehead atoms. The van der Waals surface area contributed by atoms with E-state index in [1.54, 1.807) is 19.0 Å². The highest BCUT2D eigenvalue weighted by molar-refractivity contribution is 5.90. The number of ketones is 1. The Balaban J connectivity index is 1.97. The summed E-state index contributed by atoms with van der Waals surface area (Å²) < 4.78 is 0. The van der Waals surface area contributed by atoms with Gasteiger partial charge >= 0.3 is 0 Å². The molecule has 2 saturated heterocycles. The van der Waals surface area contributed by atoms with E-state index in [0.717, 1.165) is 26.2 Å². The van der Waals surface area contributed by atoms with Crippen molar-refractivity contribution in [3.8, 4) is 0 Å². The lowest BCUT2D eigenvalue weighted by molar-refractivity contribution is -0.137. The van der Waals surface area contributed by atoms with Crippen molar-refractivity contribution in [2.45, 2.75) is 52.3 Å². The van der Waals surface area contributed by atoms with Crippen LogP contribution in [0.3, 0.4) is 0 Å². The summed E-state index contributed by atoms with van der Waals surface area (Å²) in [5, 5.41) is 13.7. The minimum Gasteiger partial charge on any atom is -0.391 e. The lowest BCUT2D eigenvalue weighted by Gasteiger charge is -2.33. The SMILES string of the molecule is CC(=O)[C@H](NC(=O)[C@@H]([C@H](O)[C@H](C)CC(=O)N1CC2CN(C)CC2C1)N(C)C)C(C)C. The van der Waals surface area contributed by atoms with Crippen LogP contribution in [0.1, 0.15) is 34.1 Å². The molecule has 2 heterocycles. The van der Waals surface area contributed by atoms with Gasteiger partial charge in [-0.15, -0.1) is 0 Å². The smallest absolute Gasteiger partial charge is 0.240 e. The highest BCUT2D eigenvalue weighted by Gasteiger charge is 2.41. The van der Waals surface area contributed by atoms with E-state index in [4.69, 9.17) is 0 Å². The van der Waals surface area contributed by atoms with Gasteiger partial charge in [-0.2, -0.15) is 0 Å². The van der Waals surface area contributed by atoms with Crippen LogP contribution >= 0.6 is 0 Å². The van der Waals surface area contributed by atoms with Gasteiger partial charge in [0.25, 0.3) is 0 Å². The fraction of sp³-hybridized carbons (Fsp3) is 0.864. The van der Waals surface area contributed by atoms with Crippen LogP contribution in [-0.2, 0) is 14.4 Å². The lowest BCUT2D eigenvalue weighted by Crippen LogP contribution is -2.56. The van der Waals surface area contributed by atoms with E-state index in [9.17, 15) is 19.5 Å². The largest absolute Gasteiger partial charge is 0.391 e. The summed E-state index contributed by atoms with van der Waals surface area (Å²) in [5.41, 5.74) is 0. The average Bonchev–Trinajstić information content (AvgIpc) is 3.16. The van der Waals surface area contributed by atoms with Crippen LogP contribution in [0.25, 0.3) is 0 Å². The van der Waals surface area contributed by atoms with Gasteiger partial charge in [0.1, 0.15) is 6.04 Å². The van der Waals surface area contributed by atoms with Gasteiger partial charge in [-0.25, -0.2) is 0 Å². The molecule has 0 aromatic rings. The van der Waals surface area contributed by atoms with Gasteiger partial charge in [-0.3, -0.25) is 19.3 Å². The van der Waals surface area contributed by atoms with Gasteiger partial charge in [-0.1, -0.05) is 20.8 Å². The fourth-order valence-corrected chi connectivity index (χ4v) is 4.94. The molecule has 172 valence electrons. The maximum atomic E-state index is 12.9.